The fourth-order valence-corrected chi connectivity index (χ4v) is 1.65. The first-order valence-corrected chi connectivity index (χ1v) is 5.16. The molecule has 1 aromatic heterocycles. The van der Waals surface area contributed by atoms with Crippen LogP contribution in [0.3, 0.4) is 0 Å². The van der Waals surface area contributed by atoms with Crippen LogP contribution >= 0.6 is 0 Å². The number of rotatable bonds is 1. The molecule has 1 aliphatic rings. The number of ether oxygens (including phenoxy) is 1. The van der Waals surface area contributed by atoms with Crippen LogP contribution in [0.2, 0.25) is 0 Å². The van der Waals surface area contributed by atoms with E-state index in [1.54, 1.807) is 0 Å². The van der Waals surface area contributed by atoms with Gasteiger partial charge in [-0.15, -0.1) is 0 Å². The van der Waals surface area contributed by atoms with E-state index < -0.39 is 34.7 Å². The maximum absolute atomic E-state index is 13.6. The molecule has 2 heterocycles. The van der Waals surface area contributed by atoms with Crippen LogP contribution in [0, 0.1) is 23.3 Å². The Morgan fingerprint density at radius 1 is 1.10 bits per heavy atom. The third kappa shape index (κ3) is 1.59. The molecule has 3 rings (SSSR count). The zero-order chi connectivity index (χ0) is 14.4. The smallest absolute Gasteiger partial charge is 0.206 e. The topological polar surface area (TPSA) is 64.1 Å². The van der Waals surface area contributed by atoms with Crippen molar-refractivity contribution < 1.29 is 27.1 Å². The third-order valence-electron chi connectivity index (χ3n) is 2.56. The molecule has 20 heavy (non-hydrogen) atoms. The molecule has 0 fully saturated rings. The number of aldehydes is 1. The first-order valence-electron chi connectivity index (χ1n) is 5.16. The fourth-order valence-electron chi connectivity index (χ4n) is 1.65. The molecule has 2 aromatic rings. The van der Waals surface area contributed by atoms with E-state index in [-0.39, 0.29) is 17.4 Å². The van der Waals surface area contributed by atoms with Gasteiger partial charge >= 0.3 is 0 Å². The Morgan fingerprint density at radius 2 is 1.80 bits per heavy atom. The molecule has 0 saturated heterocycles. The number of benzene rings is 1. The van der Waals surface area contributed by atoms with Gasteiger partial charge in [0.15, 0.2) is 41.1 Å². The van der Waals surface area contributed by atoms with Crippen molar-refractivity contribution in [3.8, 4) is 11.5 Å². The fraction of sp³-hybridized carbons (Fsp3) is 0. The van der Waals surface area contributed by atoms with Crippen LogP contribution in [0.4, 0.5) is 29.1 Å². The summed E-state index contributed by atoms with van der Waals surface area (Å²) in [6.45, 7) is 0. The standard InChI is InChI=1S/C11H3F4N3O2/c12-5-6(13)8(15)10-9(7(5)14)18-11-3(20-10)1-16-4(2-19)17-11/h1-2H,(H,16,17,18). The average molecular weight is 285 g/mol. The highest BCUT2D eigenvalue weighted by molar-refractivity contribution is 5.76. The number of anilines is 2. The molecule has 0 radical (unpaired) electrons. The Bertz CT molecular complexity index is 751. The van der Waals surface area contributed by atoms with Gasteiger partial charge in [-0.25, -0.2) is 23.1 Å². The number of hydrogen-bond acceptors (Lipinski definition) is 5. The van der Waals surface area contributed by atoms with Crippen molar-refractivity contribution in [3.05, 3.63) is 35.3 Å². The third-order valence-corrected chi connectivity index (χ3v) is 2.56. The number of fused-ring (bicyclic) bond motifs is 2. The van der Waals surface area contributed by atoms with Crippen molar-refractivity contribution in [1.82, 2.24) is 9.97 Å². The number of carbonyl (C=O) groups is 1. The molecule has 1 aromatic carbocycles. The monoisotopic (exact) mass is 285 g/mol. The van der Waals surface area contributed by atoms with Crippen LogP contribution in [0.5, 0.6) is 11.5 Å². The van der Waals surface area contributed by atoms with Gasteiger partial charge < -0.3 is 10.1 Å². The highest BCUT2D eigenvalue weighted by Gasteiger charge is 2.31. The van der Waals surface area contributed by atoms with Crippen LogP contribution in [0.25, 0.3) is 0 Å². The summed E-state index contributed by atoms with van der Waals surface area (Å²) in [5.41, 5.74) is -0.746. The van der Waals surface area contributed by atoms with Crippen LogP contribution in [0.15, 0.2) is 6.20 Å². The molecule has 0 atom stereocenters. The molecule has 0 saturated carbocycles. The normalized spacial score (nSPS) is 12.0. The molecule has 1 aliphatic heterocycles. The van der Waals surface area contributed by atoms with E-state index in [2.05, 4.69) is 15.3 Å². The lowest BCUT2D eigenvalue weighted by Gasteiger charge is -2.21. The molecule has 0 aliphatic carbocycles. The molecule has 0 unspecified atom stereocenters. The molecule has 1 N–H and O–H groups in total. The van der Waals surface area contributed by atoms with Crippen molar-refractivity contribution >= 4 is 17.8 Å². The van der Waals surface area contributed by atoms with Crippen LogP contribution in [-0.4, -0.2) is 16.3 Å². The number of halogens is 4. The molecule has 102 valence electrons. The molecule has 0 bridgehead atoms. The van der Waals surface area contributed by atoms with Crippen molar-refractivity contribution in [1.29, 1.82) is 0 Å². The summed E-state index contributed by atoms with van der Waals surface area (Å²) in [7, 11) is 0. The minimum atomic E-state index is -1.99. The summed E-state index contributed by atoms with van der Waals surface area (Å²) < 4.78 is 58.2. The second-order valence-electron chi connectivity index (χ2n) is 3.75. The van der Waals surface area contributed by atoms with Gasteiger partial charge in [-0.05, 0) is 0 Å². The molecule has 0 amide bonds. The number of nitrogens with zero attached hydrogens (tertiary/aromatic N) is 2. The number of aromatic nitrogens is 2. The number of hydrogen-bond donors (Lipinski definition) is 1. The lowest BCUT2D eigenvalue weighted by molar-refractivity contribution is 0.111. The van der Waals surface area contributed by atoms with E-state index in [0.29, 0.717) is 6.29 Å². The predicted octanol–water partition coefficient (Wildman–Crippen LogP) is 2.69. The lowest BCUT2D eigenvalue weighted by atomic mass is 10.2. The summed E-state index contributed by atoms with van der Waals surface area (Å²) in [5.74, 6) is -8.73. The first-order chi connectivity index (χ1) is 9.52. The van der Waals surface area contributed by atoms with E-state index >= 15 is 0 Å². The Labute approximate surface area is 108 Å². The van der Waals surface area contributed by atoms with E-state index in [1.807, 2.05) is 0 Å². The predicted molar refractivity (Wildman–Crippen MR) is 57.1 cm³/mol. The van der Waals surface area contributed by atoms with Gasteiger partial charge in [0, 0.05) is 0 Å². The van der Waals surface area contributed by atoms with E-state index in [9.17, 15) is 22.4 Å². The second kappa shape index (κ2) is 4.15. The number of carbonyl (C=O) groups excluding carboxylic acids is 1. The Balaban J connectivity index is 2.20. The molecular formula is C11H3F4N3O2. The van der Waals surface area contributed by atoms with Crippen molar-refractivity contribution in [2.24, 2.45) is 0 Å². The average Bonchev–Trinajstić information content (AvgIpc) is 2.48. The zero-order valence-corrected chi connectivity index (χ0v) is 9.38. The van der Waals surface area contributed by atoms with Gasteiger partial charge in [0.05, 0.1) is 6.20 Å². The zero-order valence-electron chi connectivity index (χ0n) is 9.38. The van der Waals surface area contributed by atoms with Crippen molar-refractivity contribution in [3.63, 3.8) is 0 Å². The van der Waals surface area contributed by atoms with Crippen LogP contribution in [0.1, 0.15) is 10.6 Å². The summed E-state index contributed by atoms with van der Waals surface area (Å²) in [5, 5.41) is 2.24. The lowest BCUT2D eigenvalue weighted by Crippen LogP contribution is -2.13. The largest absolute Gasteiger partial charge is 0.446 e. The Hall–Kier alpha value is -2.71. The van der Waals surface area contributed by atoms with Crippen molar-refractivity contribution in [2.45, 2.75) is 0 Å². The molecule has 5 nitrogen and oxygen atoms in total. The summed E-state index contributed by atoms with van der Waals surface area (Å²) in [4.78, 5) is 17.7. The quantitative estimate of drug-likeness (QED) is 0.322. The van der Waals surface area contributed by atoms with E-state index in [1.165, 1.54) is 0 Å². The van der Waals surface area contributed by atoms with Gasteiger partial charge in [-0.3, -0.25) is 4.79 Å². The first kappa shape index (κ1) is 12.3. The second-order valence-corrected chi connectivity index (χ2v) is 3.75. The number of nitrogens with one attached hydrogen (secondary N) is 1. The minimum absolute atomic E-state index is 0.160. The van der Waals surface area contributed by atoms with Gasteiger partial charge in [0.1, 0.15) is 5.69 Å². The Kier molecular flexibility index (Phi) is 2.56. The maximum Gasteiger partial charge on any atom is 0.206 e. The summed E-state index contributed by atoms with van der Waals surface area (Å²) in [6, 6.07) is 0. The summed E-state index contributed by atoms with van der Waals surface area (Å²) >= 11 is 0. The molecule has 9 heteroatoms. The van der Waals surface area contributed by atoms with E-state index in [4.69, 9.17) is 4.74 Å². The molecule has 0 spiro atoms. The highest BCUT2D eigenvalue weighted by atomic mass is 19.2. The maximum atomic E-state index is 13.6. The van der Waals surface area contributed by atoms with Gasteiger partial charge in [0.2, 0.25) is 11.6 Å². The van der Waals surface area contributed by atoms with Gasteiger partial charge in [0.25, 0.3) is 0 Å². The minimum Gasteiger partial charge on any atom is -0.446 e. The SMILES string of the molecule is O=Cc1ncc2c(n1)Nc1c(F)c(F)c(F)c(F)c1O2. The Morgan fingerprint density at radius 3 is 2.50 bits per heavy atom. The van der Waals surface area contributed by atoms with Crippen molar-refractivity contribution in [2.75, 3.05) is 5.32 Å². The van der Waals surface area contributed by atoms with Gasteiger partial charge in [-0.2, -0.15) is 4.39 Å². The van der Waals surface area contributed by atoms with Crippen LogP contribution < -0.4 is 10.1 Å². The van der Waals surface area contributed by atoms with E-state index in [0.717, 1.165) is 6.20 Å². The highest BCUT2D eigenvalue weighted by Crippen LogP contribution is 2.44. The van der Waals surface area contributed by atoms with Crippen LogP contribution in [-0.2, 0) is 0 Å². The molecular weight excluding hydrogens is 282 g/mol. The van der Waals surface area contributed by atoms with Gasteiger partial charge in [-0.1, -0.05) is 0 Å². The summed E-state index contributed by atoms with van der Waals surface area (Å²) in [6.07, 6.45) is 1.33.